The Bertz CT molecular complexity index is 525. The minimum atomic E-state index is -0.828. The number of imide groups is 1. The average molecular weight is 324 g/mol. The Hall–Kier alpha value is -2.18. The maximum Gasteiger partial charge on any atom is 0.325 e. The van der Waals surface area contributed by atoms with E-state index in [2.05, 4.69) is 5.32 Å². The summed E-state index contributed by atoms with van der Waals surface area (Å²) in [5, 5.41) is 2.53. The van der Waals surface area contributed by atoms with E-state index in [-0.39, 0.29) is 30.8 Å². The molecule has 7 nitrogen and oxygen atoms in total. The first kappa shape index (κ1) is 18.9. The Balaban J connectivity index is 2.46. The molecule has 0 aliphatic carbocycles. The molecule has 0 aromatic rings. The highest BCUT2D eigenvalue weighted by Crippen LogP contribution is 2.22. The molecular weight excluding hydrogens is 300 g/mol. The number of hydrogen-bond acceptors (Lipinski definition) is 5. The number of amides is 3. The number of esters is 1. The molecule has 23 heavy (non-hydrogen) atoms. The second kappa shape index (κ2) is 6.93. The third kappa shape index (κ3) is 5.84. The first-order valence-electron chi connectivity index (χ1n) is 7.46. The summed E-state index contributed by atoms with van der Waals surface area (Å²) in [7, 11) is 0. The van der Waals surface area contributed by atoms with Crippen molar-refractivity contribution in [2.24, 2.45) is 5.41 Å². The molecule has 0 aromatic heterocycles. The molecule has 128 valence electrons. The SMILES string of the molecule is CC(C)(C)OC(=O)CNC(=O)C(C)(C)CCN1C(=O)C=CC1=O. The highest BCUT2D eigenvalue weighted by Gasteiger charge is 2.31. The smallest absolute Gasteiger partial charge is 0.325 e. The van der Waals surface area contributed by atoms with Crippen LogP contribution in [0.3, 0.4) is 0 Å². The van der Waals surface area contributed by atoms with Crippen LogP contribution in [0.1, 0.15) is 41.0 Å². The summed E-state index contributed by atoms with van der Waals surface area (Å²) in [4.78, 5) is 47.8. The zero-order valence-electron chi connectivity index (χ0n) is 14.3. The van der Waals surface area contributed by atoms with Gasteiger partial charge in [0.05, 0.1) is 0 Å². The molecule has 7 heteroatoms. The van der Waals surface area contributed by atoms with Crippen molar-refractivity contribution in [3.8, 4) is 0 Å². The largest absolute Gasteiger partial charge is 0.459 e. The van der Waals surface area contributed by atoms with Gasteiger partial charge >= 0.3 is 5.97 Å². The van der Waals surface area contributed by atoms with Crippen LogP contribution in [0.2, 0.25) is 0 Å². The summed E-state index contributed by atoms with van der Waals surface area (Å²) in [6.07, 6.45) is 2.71. The molecule has 0 spiro atoms. The van der Waals surface area contributed by atoms with Crippen LogP contribution in [0, 0.1) is 5.41 Å². The van der Waals surface area contributed by atoms with Gasteiger partial charge in [-0.05, 0) is 27.2 Å². The van der Waals surface area contributed by atoms with Gasteiger partial charge in [-0.3, -0.25) is 24.1 Å². The van der Waals surface area contributed by atoms with E-state index >= 15 is 0 Å². The van der Waals surface area contributed by atoms with Crippen LogP contribution in [-0.2, 0) is 23.9 Å². The lowest BCUT2D eigenvalue weighted by Gasteiger charge is -2.26. The Labute approximate surface area is 136 Å². The molecule has 0 atom stereocenters. The van der Waals surface area contributed by atoms with Gasteiger partial charge < -0.3 is 10.1 Å². The third-order valence-corrected chi connectivity index (χ3v) is 3.29. The second-order valence-electron chi connectivity index (χ2n) is 7.06. The Kier molecular flexibility index (Phi) is 5.69. The molecule has 1 heterocycles. The van der Waals surface area contributed by atoms with Crippen molar-refractivity contribution in [1.82, 2.24) is 10.2 Å². The molecule has 0 saturated heterocycles. The van der Waals surface area contributed by atoms with Crippen LogP contribution in [0.15, 0.2) is 12.2 Å². The molecule has 3 amide bonds. The van der Waals surface area contributed by atoms with E-state index in [0.717, 1.165) is 4.90 Å². The molecule has 0 saturated carbocycles. The number of hydrogen-bond donors (Lipinski definition) is 1. The van der Waals surface area contributed by atoms with Gasteiger partial charge in [-0.1, -0.05) is 13.8 Å². The van der Waals surface area contributed by atoms with Crippen molar-refractivity contribution in [2.45, 2.75) is 46.6 Å². The number of carbonyl (C=O) groups is 4. The number of rotatable bonds is 6. The minimum Gasteiger partial charge on any atom is -0.459 e. The molecule has 1 N–H and O–H groups in total. The molecule has 1 aliphatic heterocycles. The molecule has 0 fully saturated rings. The molecule has 0 bridgehead atoms. The Morgan fingerprint density at radius 1 is 1.09 bits per heavy atom. The van der Waals surface area contributed by atoms with Gasteiger partial charge in [0.25, 0.3) is 11.8 Å². The van der Waals surface area contributed by atoms with E-state index in [9.17, 15) is 19.2 Å². The van der Waals surface area contributed by atoms with Gasteiger partial charge in [-0.15, -0.1) is 0 Å². The predicted octanol–water partition coefficient (Wildman–Crippen LogP) is 0.786. The number of carbonyl (C=O) groups excluding carboxylic acids is 4. The fourth-order valence-corrected chi connectivity index (χ4v) is 1.93. The molecule has 0 aromatic carbocycles. The zero-order valence-corrected chi connectivity index (χ0v) is 14.3. The fourth-order valence-electron chi connectivity index (χ4n) is 1.93. The molecular formula is C16H24N2O5. The van der Waals surface area contributed by atoms with Gasteiger partial charge in [0.1, 0.15) is 12.1 Å². The van der Waals surface area contributed by atoms with Crippen LogP contribution in [0.25, 0.3) is 0 Å². The lowest BCUT2D eigenvalue weighted by molar-refractivity contribution is -0.155. The van der Waals surface area contributed by atoms with E-state index in [4.69, 9.17) is 4.74 Å². The predicted molar refractivity (Wildman–Crippen MR) is 83.1 cm³/mol. The summed E-state index contributed by atoms with van der Waals surface area (Å²) < 4.78 is 5.11. The van der Waals surface area contributed by atoms with Gasteiger partial charge in [-0.25, -0.2) is 0 Å². The third-order valence-electron chi connectivity index (χ3n) is 3.29. The summed E-state index contributed by atoms with van der Waals surface area (Å²) in [5.74, 6) is -1.61. The Morgan fingerprint density at radius 3 is 2.09 bits per heavy atom. The lowest BCUT2D eigenvalue weighted by atomic mass is 9.88. The second-order valence-corrected chi connectivity index (χ2v) is 7.06. The van der Waals surface area contributed by atoms with Crippen LogP contribution >= 0.6 is 0 Å². The maximum absolute atomic E-state index is 12.2. The molecule has 0 radical (unpaired) electrons. The van der Waals surface area contributed by atoms with E-state index in [1.807, 2.05) is 0 Å². The topological polar surface area (TPSA) is 92.8 Å². The number of nitrogens with zero attached hydrogens (tertiary/aromatic N) is 1. The van der Waals surface area contributed by atoms with Crippen LogP contribution < -0.4 is 5.32 Å². The highest BCUT2D eigenvalue weighted by atomic mass is 16.6. The Morgan fingerprint density at radius 2 is 1.61 bits per heavy atom. The van der Waals surface area contributed by atoms with Crippen LogP contribution in [0.4, 0.5) is 0 Å². The van der Waals surface area contributed by atoms with E-state index in [1.54, 1.807) is 34.6 Å². The molecule has 1 aliphatic rings. The van der Waals surface area contributed by atoms with Gasteiger partial charge in [-0.2, -0.15) is 0 Å². The summed E-state index contributed by atoms with van der Waals surface area (Å²) in [6, 6.07) is 0. The summed E-state index contributed by atoms with van der Waals surface area (Å²) in [6.45, 7) is 8.55. The molecule has 0 unspecified atom stereocenters. The van der Waals surface area contributed by atoms with Gasteiger partial charge in [0, 0.05) is 24.1 Å². The van der Waals surface area contributed by atoms with E-state index < -0.39 is 17.0 Å². The van der Waals surface area contributed by atoms with E-state index in [1.165, 1.54) is 12.2 Å². The zero-order chi connectivity index (χ0) is 17.8. The van der Waals surface area contributed by atoms with Crippen molar-refractivity contribution in [1.29, 1.82) is 0 Å². The maximum atomic E-state index is 12.2. The monoisotopic (exact) mass is 324 g/mol. The lowest BCUT2D eigenvalue weighted by Crippen LogP contribution is -2.43. The standard InChI is InChI=1S/C16H24N2O5/c1-15(2,3)23-13(21)10-17-14(22)16(4,5)8-9-18-11(19)6-7-12(18)20/h6-7H,8-10H2,1-5H3,(H,17,22). The van der Waals surface area contributed by atoms with Gasteiger partial charge in [0.15, 0.2) is 0 Å². The highest BCUT2D eigenvalue weighted by molar-refractivity contribution is 6.12. The number of nitrogens with one attached hydrogen (secondary N) is 1. The quantitative estimate of drug-likeness (QED) is 0.576. The fraction of sp³-hybridized carbons (Fsp3) is 0.625. The van der Waals surface area contributed by atoms with Crippen molar-refractivity contribution < 1.29 is 23.9 Å². The van der Waals surface area contributed by atoms with Crippen molar-refractivity contribution in [2.75, 3.05) is 13.1 Å². The minimum absolute atomic E-state index is 0.150. The van der Waals surface area contributed by atoms with Crippen molar-refractivity contribution >= 4 is 23.7 Å². The van der Waals surface area contributed by atoms with E-state index in [0.29, 0.717) is 6.42 Å². The van der Waals surface area contributed by atoms with Crippen LogP contribution in [-0.4, -0.2) is 47.3 Å². The molecule has 1 rings (SSSR count). The van der Waals surface area contributed by atoms with Crippen LogP contribution in [0.5, 0.6) is 0 Å². The van der Waals surface area contributed by atoms with Gasteiger partial charge in [0.2, 0.25) is 5.91 Å². The van der Waals surface area contributed by atoms with Crippen molar-refractivity contribution in [3.05, 3.63) is 12.2 Å². The summed E-state index contributed by atoms with van der Waals surface area (Å²) >= 11 is 0. The van der Waals surface area contributed by atoms with Crippen molar-refractivity contribution in [3.63, 3.8) is 0 Å². The first-order chi connectivity index (χ1) is 10.4. The first-order valence-corrected chi connectivity index (χ1v) is 7.46. The normalized spacial score (nSPS) is 15.1. The number of ether oxygens (including phenoxy) is 1. The summed E-state index contributed by atoms with van der Waals surface area (Å²) in [5.41, 5.74) is -1.44. The average Bonchev–Trinajstić information content (AvgIpc) is 2.71.